The van der Waals surface area contributed by atoms with Crippen molar-refractivity contribution in [1.82, 2.24) is 0 Å². The maximum atomic E-state index is 9.30. The Bertz CT molecular complexity index is 321. The normalized spacial score (nSPS) is 14.2. The Morgan fingerprint density at radius 3 is 2.75 bits per heavy atom. The van der Waals surface area contributed by atoms with Gasteiger partial charge in [-0.1, -0.05) is 19.9 Å². The number of aliphatic hydroxyl groups excluding tert-OH is 1. The van der Waals surface area contributed by atoms with E-state index in [4.69, 9.17) is 4.74 Å². The van der Waals surface area contributed by atoms with Crippen molar-refractivity contribution in [2.24, 2.45) is 5.41 Å². The number of ether oxygens (including phenoxy) is 1. The lowest BCUT2D eigenvalue weighted by molar-refractivity contribution is 0.149. The van der Waals surface area contributed by atoms with Crippen LogP contribution >= 0.6 is 0 Å². The van der Waals surface area contributed by atoms with Gasteiger partial charge in [0.25, 0.3) is 0 Å². The highest BCUT2D eigenvalue weighted by molar-refractivity contribution is 5.48. The summed E-state index contributed by atoms with van der Waals surface area (Å²) in [5.74, 6) is 0.840. The minimum atomic E-state index is -0.0664. The van der Waals surface area contributed by atoms with Gasteiger partial charge in [0.15, 0.2) is 0 Å². The van der Waals surface area contributed by atoms with Crippen LogP contribution in [0.4, 0.5) is 5.69 Å². The third-order valence-corrected chi connectivity index (χ3v) is 3.02. The van der Waals surface area contributed by atoms with Crippen molar-refractivity contribution in [2.45, 2.75) is 20.3 Å². The molecule has 0 saturated carbocycles. The number of rotatable bonds is 6. The van der Waals surface area contributed by atoms with Gasteiger partial charge in [0.1, 0.15) is 5.75 Å². The number of nitrogens with one attached hydrogen (secondary N) is 1. The fourth-order valence-corrected chi connectivity index (χ4v) is 1.34. The molecule has 2 N–H and O–H groups in total. The summed E-state index contributed by atoms with van der Waals surface area (Å²) < 4.78 is 5.15. The van der Waals surface area contributed by atoms with E-state index < -0.39 is 0 Å². The first kappa shape index (κ1) is 12.8. The van der Waals surface area contributed by atoms with Gasteiger partial charge in [0, 0.05) is 23.7 Å². The van der Waals surface area contributed by atoms with Crippen LogP contribution < -0.4 is 10.1 Å². The molecule has 1 aromatic carbocycles. The monoisotopic (exact) mass is 223 g/mol. The first-order chi connectivity index (χ1) is 7.63. The Kier molecular flexibility index (Phi) is 4.62. The minimum Gasteiger partial charge on any atom is -0.497 e. The van der Waals surface area contributed by atoms with Crippen LogP contribution in [0.1, 0.15) is 20.3 Å². The Labute approximate surface area is 97.4 Å². The molecule has 0 aromatic heterocycles. The molecule has 0 amide bonds. The summed E-state index contributed by atoms with van der Waals surface area (Å²) in [6, 6.07) is 7.81. The van der Waals surface area contributed by atoms with Crippen LogP contribution in [0.15, 0.2) is 24.3 Å². The Morgan fingerprint density at radius 1 is 1.44 bits per heavy atom. The van der Waals surface area contributed by atoms with Gasteiger partial charge in [-0.05, 0) is 18.6 Å². The molecule has 0 radical (unpaired) electrons. The van der Waals surface area contributed by atoms with E-state index in [-0.39, 0.29) is 12.0 Å². The second-order valence-electron chi connectivity index (χ2n) is 4.41. The zero-order valence-electron chi connectivity index (χ0n) is 10.3. The molecule has 1 atom stereocenters. The molecule has 0 saturated heterocycles. The zero-order valence-corrected chi connectivity index (χ0v) is 10.3. The fraction of sp³-hybridized carbons (Fsp3) is 0.538. The summed E-state index contributed by atoms with van der Waals surface area (Å²) in [4.78, 5) is 0. The summed E-state index contributed by atoms with van der Waals surface area (Å²) in [5.41, 5.74) is 0.954. The van der Waals surface area contributed by atoms with E-state index in [1.54, 1.807) is 7.11 Å². The predicted molar refractivity (Wildman–Crippen MR) is 67.0 cm³/mol. The lowest BCUT2D eigenvalue weighted by Gasteiger charge is -2.26. The van der Waals surface area contributed by atoms with Crippen molar-refractivity contribution in [1.29, 1.82) is 0 Å². The van der Waals surface area contributed by atoms with Crippen LogP contribution in [-0.2, 0) is 0 Å². The number of hydrogen-bond acceptors (Lipinski definition) is 3. The number of aliphatic hydroxyl groups is 1. The van der Waals surface area contributed by atoms with Gasteiger partial charge in [0.05, 0.1) is 13.7 Å². The number of benzene rings is 1. The quantitative estimate of drug-likeness (QED) is 0.778. The van der Waals surface area contributed by atoms with Crippen molar-refractivity contribution >= 4 is 5.69 Å². The first-order valence-electron chi connectivity index (χ1n) is 5.62. The molecule has 0 spiro atoms. The van der Waals surface area contributed by atoms with Crippen molar-refractivity contribution in [3.05, 3.63) is 24.3 Å². The Morgan fingerprint density at radius 2 is 2.19 bits per heavy atom. The third kappa shape index (κ3) is 3.42. The predicted octanol–water partition coefficient (Wildman–Crippen LogP) is 2.52. The smallest absolute Gasteiger partial charge is 0.120 e. The molecule has 0 aliphatic rings. The van der Waals surface area contributed by atoms with E-state index in [2.05, 4.69) is 19.2 Å². The van der Waals surface area contributed by atoms with Crippen LogP contribution in [0.5, 0.6) is 5.75 Å². The highest BCUT2D eigenvalue weighted by Crippen LogP contribution is 2.22. The Balaban J connectivity index is 2.60. The molecule has 1 rings (SSSR count). The lowest BCUT2D eigenvalue weighted by atomic mass is 9.88. The third-order valence-electron chi connectivity index (χ3n) is 3.02. The second-order valence-corrected chi connectivity index (χ2v) is 4.41. The molecular weight excluding hydrogens is 202 g/mol. The second kappa shape index (κ2) is 5.75. The molecule has 16 heavy (non-hydrogen) atoms. The van der Waals surface area contributed by atoms with Gasteiger partial charge >= 0.3 is 0 Å². The maximum absolute atomic E-state index is 9.30. The van der Waals surface area contributed by atoms with E-state index in [1.165, 1.54) is 0 Å². The maximum Gasteiger partial charge on any atom is 0.120 e. The largest absolute Gasteiger partial charge is 0.497 e. The molecule has 3 nitrogen and oxygen atoms in total. The van der Waals surface area contributed by atoms with Crippen LogP contribution in [0.2, 0.25) is 0 Å². The number of hydrogen-bond donors (Lipinski definition) is 2. The molecule has 0 bridgehead atoms. The molecule has 90 valence electrons. The van der Waals surface area contributed by atoms with E-state index in [1.807, 2.05) is 24.3 Å². The molecule has 0 aliphatic heterocycles. The molecule has 1 aromatic rings. The first-order valence-corrected chi connectivity index (χ1v) is 5.62. The topological polar surface area (TPSA) is 41.5 Å². The zero-order chi connectivity index (χ0) is 12.0. The standard InChI is InChI=1S/C13H21NO2/c1-4-13(2,10-15)9-14-11-6-5-7-12(8-11)16-3/h5-8,14-15H,4,9-10H2,1-3H3. The summed E-state index contributed by atoms with van der Waals surface area (Å²) in [6.45, 7) is 5.11. The summed E-state index contributed by atoms with van der Waals surface area (Å²) in [7, 11) is 1.66. The average Bonchev–Trinajstić information content (AvgIpc) is 2.36. The van der Waals surface area contributed by atoms with Crippen LogP contribution in [0, 0.1) is 5.41 Å². The van der Waals surface area contributed by atoms with Crippen LogP contribution in [-0.4, -0.2) is 25.4 Å². The van der Waals surface area contributed by atoms with Crippen molar-refractivity contribution in [3.8, 4) is 5.75 Å². The molecule has 0 fully saturated rings. The van der Waals surface area contributed by atoms with Gasteiger partial charge in [-0.3, -0.25) is 0 Å². The summed E-state index contributed by atoms with van der Waals surface area (Å²) in [6.07, 6.45) is 0.945. The van der Waals surface area contributed by atoms with Crippen molar-refractivity contribution in [3.63, 3.8) is 0 Å². The molecule has 3 heteroatoms. The SMILES string of the molecule is CCC(C)(CO)CNc1cccc(OC)c1. The number of methoxy groups -OCH3 is 1. The van der Waals surface area contributed by atoms with Crippen molar-refractivity contribution in [2.75, 3.05) is 25.6 Å². The summed E-state index contributed by atoms with van der Waals surface area (Å²) >= 11 is 0. The highest BCUT2D eigenvalue weighted by atomic mass is 16.5. The lowest BCUT2D eigenvalue weighted by Crippen LogP contribution is -2.29. The van der Waals surface area contributed by atoms with E-state index in [0.717, 1.165) is 24.4 Å². The Hall–Kier alpha value is -1.22. The van der Waals surface area contributed by atoms with Gasteiger partial charge in [-0.25, -0.2) is 0 Å². The minimum absolute atomic E-state index is 0.0664. The van der Waals surface area contributed by atoms with Gasteiger partial charge in [-0.15, -0.1) is 0 Å². The van der Waals surface area contributed by atoms with Gasteiger partial charge in [0.2, 0.25) is 0 Å². The average molecular weight is 223 g/mol. The molecular formula is C13H21NO2. The van der Waals surface area contributed by atoms with Crippen molar-refractivity contribution < 1.29 is 9.84 Å². The molecule has 0 aliphatic carbocycles. The van der Waals surface area contributed by atoms with E-state index >= 15 is 0 Å². The summed E-state index contributed by atoms with van der Waals surface area (Å²) in [5, 5.41) is 12.6. The van der Waals surface area contributed by atoms with Crippen LogP contribution in [0.25, 0.3) is 0 Å². The van der Waals surface area contributed by atoms with Crippen LogP contribution in [0.3, 0.4) is 0 Å². The number of anilines is 1. The molecule has 0 heterocycles. The van der Waals surface area contributed by atoms with E-state index in [0.29, 0.717) is 0 Å². The fourth-order valence-electron chi connectivity index (χ4n) is 1.34. The highest BCUT2D eigenvalue weighted by Gasteiger charge is 2.20. The molecule has 1 unspecified atom stereocenters. The van der Waals surface area contributed by atoms with Gasteiger partial charge < -0.3 is 15.2 Å². The van der Waals surface area contributed by atoms with E-state index in [9.17, 15) is 5.11 Å². The van der Waals surface area contributed by atoms with Gasteiger partial charge in [-0.2, -0.15) is 0 Å².